The van der Waals surface area contributed by atoms with E-state index in [1.54, 1.807) is 12.1 Å². The molecule has 0 saturated heterocycles. The molecule has 0 spiro atoms. The van der Waals surface area contributed by atoms with E-state index in [0.29, 0.717) is 15.7 Å². The molecule has 1 atom stereocenters. The van der Waals surface area contributed by atoms with Crippen molar-refractivity contribution in [3.8, 4) is 0 Å². The van der Waals surface area contributed by atoms with Crippen LogP contribution in [0.3, 0.4) is 0 Å². The largest absolute Gasteiger partial charge is 0.481 e. The van der Waals surface area contributed by atoms with Gasteiger partial charge in [-0.2, -0.15) is 0 Å². The van der Waals surface area contributed by atoms with Gasteiger partial charge in [-0.1, -0.05) is 54.2 Å². The van der Waals surface area contributed by atoms with Gasteiger partial charge in [-0.05, 0) is 18.2 Å². The lowest BCUT2D eigenvalue weighted by molar-refractivity contribution is -0.137. The fraction of sp³-hybridized carbons (Fsp3) is 0.118. The number of thiocarbonyl (C=S) groups is 1. The molecule has 0 saturated carbocycles. The van der Waals surface area contributed by atoms with Crippen molar-refractivity contribution in [2.75, 3.05) is 5.32 Å². The van der Waals surface area contributed by atoms with Crippen molar-refractivity contribution in [1.82, 2.24) is 0 Å². The number of rotatable bonds is 3. The number of nitrogens with one attached hydrogen (secondary N) is 1. The molecule has 23 heavy (non-hydrogen) atoms. The predicted octanol–water partition coefficient (Wildman–Crippen LogP) is 3.77. The monoisotopic (exact) mass is 344 g/mol. The maximum absolute atomic E-state index is 11.1. The first kappa shape index (κ1) is 15.6. The van der Waals surface area contributed by atoms with Gasteiger partial charge in [0.05, 0.1) is 12.1 Å². The van der Waals surface area contributed by atoms with Crippen LogP contribution >= 0.6 is 23.8 Å². The van der Waals surface area contributed by atoms with E-state index in [1.807, 2.05) is 36.4 Å². The fourth-order valence-electron chi connectivity index (χ4n) is 2.44. The first-order chi connectivity index (χ1) is 11.0. The van der Waals surface area contributed by atoms with Gasteiger partial charge in [0.25, 0.3) is 0 Å². The molecule has 1 aliphatic heterocycles. The standard InChI is InChI=1S/C17H13ClN2O2S/c18-11-7-5-10(6-8-11)16-12-3-1-2-4-13(12)20-17(23)14(19-16)9-15(21)22/h1-8,14H,9H2,(H,20,23)(H,21,22). The first-order valence-corrected chi connectivity index (χ1v) is 7.79. The second-order valence-electron chi connectivity index (χ2n) is 5.13. The second kappa shape index (κ2) is 6.48. The maximum Gasteiger partial charge on any atom is 0.305 e. The average molecular weight is 345 g/mol. The van der Waals surface area contributed by atoms with Crippen LogP contribution in [0.5, 0.6) is 0 Å². The molecule has 4 nitrogen and oxygen atoms in total. The molecular formula is C17H13ClN2O2S. The van der Waals surface area contributed by atoms with E-state index in [4.69, 9.17) is 28.9 Å². The van der Waals surface area contributed by atoms with E-state index in [9.17, 15) is 4.79 Å². The van der Waals surface area contributed by atoms with Gasteiger partial charge < -0.3 is 10.4 Å². The zero-order valence-corrected chi connectivity index (χ0v) is 13.6. The Balaban J connectivity index is 2.15. The van der Waals surface area contributed by atoms with E-state index < -0.39 is 12.0 Å². The quantitative estimate of drug-likeness (QED) is 0.832. The molecule has 1 heterocycles. The highest BCUT2D eigenvalue weighted by Crippen LogP contribution is 2.26. The lowest BCUT2D eigenvalue weighted by Crippen LogP contribution is -2.26. The van der Waals surface area contributed by atoms with Gasteiger partial charge in [0.1, 0.15) is 11.0 Å². The fourth-order valence-corrected chi connectivity index (χ4v) is 2.81. The summed E-state index contributed by atoms with van der Waals surface area (Å²) < 4.78 is 0. The third kappa shape index (κ3) is 3.41. The number of hydrogen-bond acceptors (Lipinski definition) is 3. The van der Waals surface area contributed by atoms with E-state index in [1.165, 1.54) is 0 Å². The van der Waals surface area contributed by atoms with Gasteiger partial charge in [0.15, 0.2) is 0 Å². The number of halogens is 1. The molecule has 2 aromatic carbocycles. The Labute approximate surface area is 143 Å². The third-order valence-corrected chi connectivity index (χ3v) is 4.14. The highest BCUT2D eigenvalue weighted by Gasteiger charge is 2.24. The van der Waals surface area contributed by atoms with E-state index in [2.05, 4.69) is 10.3 Å². The highest BCUT2D eigenvalue weighted by molar-refractivity contribution is 7.80. The smallest absolute Gasteiger partial charge is 0.305 e. The average Bonchev–Trinajstić information content (AvgIpc) is 2.65. The minimum Gasteiger partial charge on any atom is -0.481 e. The summed E-state index contributed by atoms with van der Waals surface area (Å²) >= 11 is 11.3. The Morgan fingerprint density at radius 3 is 2.61 bits per heavy atom. The normalized spacial score (nSPS) is 16.8. The maximum atomic E-state index is 11.1. The van der Waals surface area contributed by atoms with Gasteiger partial charge >= 0.3 is 5.97 Å². The van der Waals surface area contributed by atoms with Crippen LogP contribution < -0.4 is 5.32 Å². The highest BCUT2D eigenvalue weighted by atomic mass is 35.5. The molecule has 1 unspecified atom stereocenters. The Morgan fingerprint density at radius 2 is 1.91 bits per heavy atom. The van der Waals surface area contributed by atoms with E-state index in [-0.39, 0.29) is 6.42 Å². The topological polar surface area (TPSA) is 61.7 Å². The van der Waals surface area contributed by atoms with Crippen molar-refractivity contribution >= 4 is 46.2 Å². The Bertz CT molecular complexity index is 802. The Morgan fingerprint density at radius 1 is 1.22 bits per heavy atom. The molecule has 0 fully saturated rings. The van der Waals surface area contributed by atoms with Gasteiger partial charge in [-0.15, -0.1) is 0 Å². The number of nitrogens with zero attached hydrogens (tertiary/aromatic N) is 1. The lowest BCUT2D eigenvalue weighted by atomic mass is 10.0. The number of benzodiazepines with no additional fused rings is 1. The number of carboxylic acid groups (broad SMARTS) is 1. The molecule has 6 heteroatoms. The van der Waals surface area contributed by atoms with Gasteiger partial charge in [0.2, 0.25) is 0 Å². The molecule has 3 rings (SSSR count). The minimum absolute atomic E-state index is 0.156. The molecule has 1 aliphatic rings. The molecular weight excluding hydrogens is 332 g/mol. The molecule has 0 aliphatic carbocycles. The molecule has 2 aromatic rings. The van der Waals surface area contributed by atoms with Crippen LogP contribution in [0.4, 0.5) is 5.69 Å². The summed E-state index contributed by atoms with van der Waals surface area (Å²) in [5.74, 6) is -0.940. The summed E-state index contributed by atoms with van der Waals surface area (Å²) in [6.45, 7) is 0. The summed E-state index contributed by atoms with van der Waals surface area (Å²) in [6, 6.07) is 14.3. The van der Waals surface area contributed by atoms with Gasteiger partial charge in [-0.3, -0.25) is 9.79 Å². The summed E-state index contributed by atoms with van der Waals surface area (Å²) in [6.07, 6.45) is -0.156. The van der Waals surface area contributed by atoms with Crippen LogP contribution in [0.1, 0.15) is 17.5 Å². The number of aliphatic carboxylic acids is 1. The number of para-hydroxylation sites is 1. The number of carboxylic acids is 1. The van der Waals surface area contributed by atoms with Crippen molar-refractivity contribution in [2.24, 2.45) is 4.99 Å². The summed E-state index contributed by atoms with van der Waals surface area (Å²) in [7, 11) is 0. The lowest BCUT2D eigenvalue weighted by Gasteiger charge is -2.11. The number of carbonyl (C=O) groups is 1. The molecule has 2 N–H and O–H groups in total. The van der Waals surface area contributed by atoms with Crippen LogP contribution in [-0.2, 0) is 4.79 Å². The molecule has 0 aromatic heterocycles. The number of anilines is 1. The van der Waals surface area contributed by atoms with Crippen molar-refractivity contribution in [1.29, 1.82) is 0 Å². The summed E-state index contributed by atoms with van der Waals surface area (Å²) in [5.41, 5.74) is 3.27. The zero-order valence-electron chi connectivity index (χ0n) is 12.0. The Kier molecular flexibility index (Phi) is 4.41. The van der Waals surface area contributed by atoms with E-state index in [0.717, 1.165) is 16.8 Å². The van der Waals surface area contributed by atoms with Crippen LogP contribution in [0.15, 0.2) is 53.5 Å². The number of aliphatic imine (C=N–C) groups is 1. The molecule has 0 bridgehead atoms. The predicted molar refractivity (Wildman–Crippen MR) is 95.8 cm³/mol. The van der Waals surface area contributed by atoms with Gasteiger partial charge in [0, 0.05) is 21.8 Å². The second-order valence-corrected chi connectivity index (χ2v) is 6.01. The van der Waals surface area contributed by atoms with Crippen LogP contribution in [-0.4, -0.2) is 27.8 Å². The summed E-state index contributed by atoms with van der Waals surface area (Å²) in [4.78, 5) is 16.1. The number of fused-ring (bicyclic) bond motifs is 1. The SMILES string of the molecule is O=C(O)CC1N=C(c2ccc(Cl)cc2)c2ccccc2NC1=S. The van der Waals surface area contributed by atoms with Crippen molar-refractivity contribution in [2.45, 2.75) is 12.5 Å². The van der Waals surface area contributed by atoms with Crippen LogP contribution in [0.25, 0.3) is 0 Å². The number of benzene rings is 2. The van der Waals surface area contributed by atoms with Crippen molar-refractivity contribution in [3.63, 3.8) is 0 Å². The Hall–Kier alpha value is -2.24. The third-order valence-electron chi connectivity index (χ3n) is 3.51. The molecule has 0 radical (unpaired) electrons. The van der Waals surface area contributed by atoms with Crippen LogP contribution in [0, 0.1) is 0 Å². The number of hydrogen-bond donors (Lipinski definition) is 2. The molecule has 0 amide bonds. The summed E-state index contributed by atoms with van der Waals surface area (Å²) in [5, 5.41) is 12.9. The van der Waals surface area contributed by atoms with E-state index >= 15 is 0 Å². The zero-order chi connectivity index (χ0) is 16.4. The van der Waals surface area contributed by atoms with Crippen LogP contribution in [0.2, 0.25) is 5.02 Å². The van der Waals surface area contributed by atoms with Gasteiger partial charge in [-0.25, -0.2) is 0 Å². The molecule has 116 valence electrons. The van der Waals surface area contributed by atoms with Crippen molar-refractivity contribution < 1.29 is 9.90 Å². The van der Waals surface area contributed by atoms with Crippen molar-refractivity contribution in [3.05, 3.63) is 64.7 Å². The minimum atomic E-state index is -0.940. The first-order valence-electron chi connectivity index (χ1n) is 7.00.